The van der Waals surface area contributed by atoms with Crippen molar-refractivity contribution in [3.8, 4) is 0 Å². The Kier molecular flexibility index (Phi) is 42.3. The van der Waals surface area contributed by atoms with Crippen molar-refractivity contribution < 1.29 is 28.6 Å². The van der Waals surface area contributed by atoms with Gasteiger partial charge >= 0.3 is 17.9 Å². The Bertz CT molecular complexity index is 826. The molecule has 0 amide bonds. The van der Waals surface area contributed by atoms with Gasteiger partial charge in [-0.3, -0.25) is 14.4 Å². The first kappa shape index (κ1) is 53.4. The zero-order valence-corrected chi connectivity index (χ0v) is 37.4. The first-order valence-electron chi connectivity index (χ1n) is 24.4. The van der Waals surface area contributed by atoms with Crippen molar-refractivity contribution in [2.24, 2.45) is 5.92 Å². The third-order valence-corrected chi connectivity index (χ3v) is 11.0. The molecule has 0 aliphatic carbocycles. The second-order valence-corrected chi connectivity index (χ2v) is 17.2. The predicted octanol–water partition coefficient (Wildman–Crippen LogP) is 15.5. The normalized spacial score (nSPS) is 11.9. The van der Waals surface area contributed by atoms with Crippen LogP contribution in [-0.4, -0.2) is 37.2 Å². The number of rotatable bonds is 44. The number of hydrogen-bond donors (Lipinski definition) is 0. The van der Waals surface area contributed by atoms with Gasteiger partial charge < -0.3 is 14.2 Å². The highest BCUT2D eigenvalue weighted by molar-refractivity contribution is 5.71. The van der Waals surface area contributed by atoms with Crippen LogP contribution in [0.15, 0.2) is 0 Å². The van der Waals surface area contributed by atoms with Crippen LogP contribution in [0.3, 0.4) is 0 Å². The van der Waals surface area contributed by atoms with Crippen LogP contribution in [0.25, 0.3) is 0 Å². The summed E-state index contributed by atoms with van der Waals surface area (Å²) in [5, 5.41) is 0. The van der Waals surface area contributed by atoms with E-state index in [4.69, 9.17) is 14.2 Å². The molecular formula is C49H94O6. The Morgan fingerprint density at radius 2 is 0.600 bits per heavy atom. The average Bonchev–Trinajstić information content (AvgIpc) is 3.17. The summed E-state index contributed by atoms with van der Waals surface area (Å²) >= 11 is 0. The summed E-state index contributed by atoms with van der Waals surface area (Å²) in [5.41, 5.74) is 0. The van der Waals surface area contributed by atoms with E-state index in [0.29, 0.717) is 19.3 Å². The molecule has 0 saturated carbocycles. The van der Waals surface area contributed by atoms with Crippen LogP contribution in [0.1, 0.15) is 272 Å². The number of carbonyl (C=O) groups excluding carboxylic acids is 3. The van der Waals surface area contributed by atoms with Gasteiger partial charge in [0.1, 0.15) is 13.2 Å². The highest BCUT2D eigenvalue weighted by Gasteiger charge is 2.19. The zero-order chi connectivity index (χ0) is 40.3. The summed E-state index contributed by atoms with van der Waals surface area (Å²) in [5.74, 6) is -0.0312. The maximum atomic E-state index is 12.7. The van der Waals surface area contributed by atoms with Crippen molar-refractivity contribution >= 4 is 17.9 Å². The topological polar surface area (TPSA) is 78.9 Å². The molecule has 6 nitrogen and oxygen atoms in total. The fraction of sp³-hybridized carbons (Fsp3) is 0.939. The van der Waals surface area contributed by atoms with Gasteiger partial charge in [0.2, 0.25) is 0 Å². The van der Waals surface area contributed by atoms with E-state index in [-0.39, 0.29) is 31.1 Å². The fourth-order valence-corrected chi connectivity index (χ4v) is 7.33. The van der Waals surface area contributed by atoms with E-state index in [9.17, 15) is 14.4 Å². The molecule has 0 saturated heterocycles. The molecular weight excluding hydrogens is 685 g/mol. The smallest absolute Gasteiger partial charge is 0.306 e. The number of carbonyl (C=O) groups is 3. The quantitative estimate of drug-likeness (QED) is 0.0348. The van der Waals surface area contributed by atoms with Gasteiger partial charge in [-0.05, 0) is 25.2 Å². The van der Waals surface area contributed by atoms with Gasteiger partial charge in [0.05, 0.1) is 0 Å². The molecule has 0 aromatic heterocycles. The number of esters is 3. The molecule has 0 spiro atoms. The van der Waals surface area contributed by atoms with Gasteiger partial charge in [0.25, 0.3) is 0 Å². The van der Waals surface area contributed by atoms with Crippen molar-refractivity contribution in [2.45, 2.75) is 278 Å². The van der Waals surface area contributed by atoms with Gasteiger partial charge in [0, 0.05) is 19.3 Å². The lowest BCUT2D eigenvalue weighted by Crippen LogP contribution is -2.30. The van der Waals surface area contributed by atoms with Gasteiger partial charge in [-0.1, -0.05) is 233 Å². The molecule has 0 aliphatic rings. The fourth-order valence-electron chi connectivity index (χ4n) is 7.33. The monoisotopic (exact) mass is 779 g/mol. The van der Waals surface area contributed by atoms with Crippen molar-refractivity contribution in [3.05, 3.63) is 0 Å². The number of hydrogen-bond acceptors (Lipinski definition) is 6. The highest BCUT2D eigenvalue weighted by atomic mass is 16.6. The van der Waals surface area contributed by atoms with Crippen LogP contribution < -0.4 is 0 Å². The minimum absolute atomic E-state index is 0.0642. The molecule has 0 heterocycles. The summed E-state index contributed by atoms with van der Waals surface area (Å²) in [6.07, 6.45) is 44.1. The van der Waals surface area contributed by atoms with Crippen molar-refractivity contribution in [2.75, 3.05) is 13.2 Å². The summed E-state index contributed by atoms with van der Waals surface area (Å²) in [7, 11) is 0. The van der Waals surface area contributed by atoms with Crippen LogP contribution in [0, 0.1) is 5.92 Å². The lowest BCUT2D eigenvalue weighted by atomic mass is 10.0. The molecule has 0 aliphatic heterocycles. The van der Waals surface area contributed by atoms with E-state index < -0.39 is 6.10 Å². The van der Waals surface area contributed by atoms with Gasteiger partial charge in [0.15, 0.2) is 6.10 Å². The Hall–Kier alpha value is -1.59. The van der Waals surface area contributed by atoms with Crippen LogP contribution in [0.2, 0.25) is 0 Å². The lowest BCUT2D eigenvalue weighted by molar-refractivity contribution is -0.167. The maximum Gasteiger partial charge on any atom is 0.306 e. The summed E-state index contributed by atoms with van der Waals surface area (Å²) < 4.78 is 16.7. The van der Waals surface area contributed by atoms with E-state index >= 15 is 0 Å². The third-order valence-electron chi connectivity index (χ3n) is 11.0. The van der Waals surface area contributed by atoms with Crippen molar-refractivity contribution in [1.82, 2.24) is 0 Å². The summed E-state index contributed by atoms with van der Waals surface area (Å²) in [6.45, 7) is 8.94. The molecule has 6 heteroatoms. The first-order valence-corrected chi connectivity index (χ1v) is 24.4. The van der Waals surface area contributed by atoms with Crippen LogP contribution in [0.4, 0.5) is 0 Å². The molecule has 0 N–H and O–H groups in total. The van der Waals surface area contributed by atoms with Gasteiger partial charge in [-0.25, -0.2) is 0 Å². The molecule has 0 radical (unpaired) electrons. The summed E-state index contributed by atoms with van der Waals surface area (Å²) in [4.78, 5) is 37.6. The second-order valence-electron chi connectivity index (χ2n) is 17.2. The Labute approximate surface area is 342 Å². The van der Waals surface area contributed by atoms with Crippen LogP contribution in [0.5, 0.6) is 0 Å². The average molecular weight is 779 g/mol. The van der Waals surface area contributed by atoms with E-state index in [1.54, 1.807) is 0 Å². The molecule has 0 aromatic carbocycles. The van der Waals surface area contributed by atoms with Gasteiger partial charge in [-0.2, -0.15) is 0 Å². The number of ether oxygens (including phenoxy) is 3. The third kappa shape index (κ3) is 43.4. The minimum Gasteiger partial charge on any atom is -0.462 e. The molecule has 0 bridgehead atoms. The van der Waals surface area contributed by atoms with E-state index in [2.05, 4.69) is 27.7 Å². The van der Waals surface area contributed by atoms with E-state index in [0.717, 1.165) is 70.1 Å². The second kappa shape index (κ2) is 43.5. The molecule has 1 atom stereocenters. The Morgan fingerprint density at radius 3 is 0.891 bits per heavy atom. The number of unbranched alkanes of at least 4 members (excludes halogenated alkanes) is 31. The van der Waals surface area contributed by atoms with E-state index in [1.165, 1.54) is 161 Å². The molecule has 0 aromatic rings. The van der Waals surface area contributed by atoms with Crippen molar-refractivity contribution in [3.63, 3.8) is 0 Å². The molecule has 326 valence electrons. The van der Waals surface area contributed by atoms with Crippen LogP contribution >= 0.6 is 0 Å². The largest absolute Gasteiger partial charge is 0.462 e. The van der Waals surface area contributed by atoms with E-state index in [1.807, 2.05) is 0 Å². The molecule has 55 heavy (non-hydrogen) atoms. The molecule has 0 rings (SSSR count). The minimum atomic E-state index is -0.758. The summed E-state index contributed by atoms with van der Waals surface area (Å²) in [6, 6.07) is 0. The van der Waals surface area contributed by atoms with Crippen molar-refractivity contribution in [1.29, 1.82) is 0 Å². The van der Waals surface area contributed by atoms with Crippen LogP contribution in [-0.2, 0) is 28.6 Å². The predicted molar refractivity (Wildman–Crippen MR) is 233 cm³/mol. The Morgan fingerprint density at radius 1 is 0.345 bits per heavy atom. The first-order chi connectivity index (χ1) is 26.9. The molecule has 0 unspecified atom stereocenters. The zero-order valence-electron chi connectivity index (χ0n) is 37.4. The maximum absolute atomic E-state index is 12.7. The van der Waals surface area contributed by atoms with Gasteiger partial charge in [-0.15, -0.1) is 0 Å². The lowest BCUT2D eigenvalue weighted by Gasteiger charge is -2.18. The molecule has 0 fully saturated rings. The Balaban J connectivity index is 4.13. The SMILES string of the molecule is CCCCCCCCCCCCCCCCCCCC(=O)OC[C@H](COC(=O)CCCCCCC)OC(=O)CCCCCCCCCCCCCCC(C)C. The highest BCUT2D eigenvalue weighted by Crippen LogP contribution is 2.17. The standard InChI is InChI=1S/C49H94O6/c1-5-7-9-11-12-13-14-15-16-17-18-19-23-26-29-33-37-41-48(51)54-44-46(43-53-47(50)40-36-31-10-8-6-2)55-49(52)42-38-34-30-27-24-21-20-22-25-28-32-35-39-45(3)4/h45-46H,5-44H2,1-4H3/t46-/m0/s1.